The van der Waals surface area contributed by atoms with Crippen molar-refractivity contribution in [3.05, 3.63) is 64.1 Å². The fraction of sp³-hybridized carbons (Fsp3) is 0.360. The van der Waals surface area contributed by atoms with Crippen LogP contribution in [0, 0.1) is 24.2 Å². The quantitative estimate of drug-likeness (QED) is 0.659. The molecule has 6 nitrogen and oxygen atoms in total. The topological polar surface area (TPSA) is 95.5 Å². The van der Waals surface area contributed by atoms with E-state index in [0.29, 0.717) is 29.2 Å². The average molecular weight is 448 g/mol. The molecule has 1 aliphatic carbocycles. The molecule has 1 aromatic carbocycles. The predicted octanol–water partition coefficient (Wildman–Crippen LogP) is 5.16. The lowest BCUT2D eigenvalue weighted by molar-refractivity contribution is -0.122. The molecule has 164 valence electrons. The maximum atomic E-state index is 12.8. The fourth-order valence-electron chi connectivity index (χ4n) is 4.24. The van der Waals surface area contributed by atoms with E-state index in [2.05, 4.69) is 23.3 Å². The van der Waals surface area contributed by atoms with Crippen molar-refractivity contribution < 1.29 is 14.0 Å². The third-order valence-corrected chi connectivity index (χ3v) is 6.85. The van der Waals surface area contributed by atoms with Gasteiger partial charge in [-0.15, -0.1) is 0 Å². The lowest BCUT2D eigenvalue weighted by Gasteiger charge is -2.33. The third kappa shape index (κ3) is 4.56. The number of nitriles is 1. The van der Waals surface area contributed by atoms with E-state index in [0.717, 1.165) is 30.0 Å². The Kier molecular flexibility index (Phi) is 6.61. The van der Waals surface area contributed by atoms with Gasteiger partial charge >= 0.3 is 0 Å². The van der Waals surface area contributed by atoms with E-state index < -0.39 is 11.8 Å². The molecule has 1 saturated carbocycles. The van der Waals surface area contributed by atoms with Crippen molar-refractivity contribution in [3.8, 4) is 6.07 Å². The summed E-state index contributed by atoms with van der Waals surface area (Å²) in [5.41, 5.74) is 3.12. The van der Waals surface area contributed by atoms with E-state index in [1.54, 1.807) is 0 Å². The molecule has 0 unspecified atom stereocenters. The van der Waals surface area contributed by atoms with Gasteiger partial charge in [0.05, 0.1) is 29.2 Å². The van der Waals surface area contributed by atoms with Crippen LogP contribution >= 0.6 is 11.8 Å². The normalized spacial score (nSPS) is 20.4. The highest BCUT2D eigenvalue weighted by Gasteiger charge is 2.43. The molecule has 2 aliphatic rings. The van der Waals surface area contributed by atoms with Gasteiger partial charge in [-0.05, 0) is 56.0 Å². The number of aryl methyl sites for hydroxylation is 2. The molecule has 1 aliphatic heterocycles. The molecule has 2 heterocycles. The lowest BCUT2D eigenvalue weighted by Crippen LogP contribution is -2.37. The molecule has 0 spiro atoms. The van der Waals surface area contributed by atoms with Gasteiger partial charge in [0.1, 0.15) is 22.3 Å². The second kappa shape index (κ2) is 9.58. The minimum atomic E-state index is -0.485. The van der Waals surface area contributed by atoms with Crippen molar-refractivity contribution in [1.82, 2.24) is 0 Å². The summed E-state index contributed by atoms with van der Waals surface area (Å²) >= 11 is 1.23. The largest absolute Gasteiger partial charge is 0.466 e. The summed E-state index contributed by atoms with van der Waals surface area (Å²) in [6, 6.07) is 13.7. The first-order valence-electron chi connectivity index (χ1n) is 10.8. The van der Waals surface area contributed by atoms with E-state index in [1.165, 1.54) is 17.3 Å². The van der Waals surface area contributed by atoms with Crippen LogP contribution in [0.1, 0.15) is 49.2 Å². The number of fused-ring (bicyclic) bond motifs is 1. The summed E-state index contributed by atoms with van der Waals surface area (Å²) in [6.45, 7) is 3.92. The van der Waals surface area contributed by atoms with Crippen molar-refractivity contribution >= 4 is 34.9 Å². The van der Waals surface area contributed by atoms with E-state index in [9.17, 15) is 14.9 Å². The van der Waals surface area contributed by atoms with Crippen LogP contribution in [0.2, 0.25) is 0 Å². The number of nitrogens with one attached hydrogen (secondary N) is 1. The number of aliphatic imine (C=N–C) groups is 1. The molecule has 1 aromatic heterocycles. The van der Waals surface area contributed by atoms with Crippen LogP contribution in [0.4, 0.5) is 5.69 Å². The number of furan rings is 1. The second-order valence-electron chi connectivity index (χ2n) is 8.04. The standard InChI is InChI=1S/C25H25N3O3S/c1-3-16-8-10-17(11-9-16)27-22(30)14-32-25-18(13-26)23(21-12-7-15(2)31-21)24-19(28-25)5-4-6-20(24)29/h7-12,23-24H,3-6,14H2,1-2H3,(H,27,30)/t23-,24+/m1/s1. The number of Topliss-reactive ketones (excluding diaryl/α,β-unsaturated/α-hetero) is 1. The zero-order valence-corrected chi connectivity index (χ0v) is 19.0. The third-order valence-electron chi connectivity index (χ3n) is 5.86. The Morgan fingerprint density at radius 1 is 1.22 bits per heavy atom. The number of allylic oxidation sites excluding steroid dienone is 1. The van der Waals surface area contributed by atoms with Crippen LogP contribution in [0.15, 0.2) is 56.4 Å². The van der Waals surface area contributed by atoms with Gasteiger partial charge < -0.3 is 9.73 Å². The molecule has 2 atom stereocenters. The number of hydrogen-bond donors (Lipinski definition) is 1. The first-order chi connectivity index (χ1) is 15.5. The summed E-state index contributed by atoms with van der Waals surface area (Å²) in [5, 5.41) is 13.4. The summed E-state index contributed by atoms with van der Waals surface area (Å²) in [4.78, 5) is 30.0. The van der Waals surface area contributed by atoms with Crippen molar-refractivity contribution in [2.45, 2.75) is 45.4 Å². The first-order valence-corrected chi connectivity index (χ1v) is 11.8. The second-order valence-corrected chi connectivity index (χ2v) is 9.01. The van der Waals surface area contributed by atoms with Crippen LogP contribution in [0.3, 0.4) is 0 Å². The first kappa shape index (κ1) is 22.1. The molecule has 2 aromatic rings. The van der Waals surface area contributed by atoms with Gasteiger partial charge in [0.2, 0.25) is 5.91 Å². The van der Waals surface area contributed by atoms with Crippen LogP contribution in [-0.2, 0) is 16.0 Å². The summed E-state index contributed by atoms with van der Waals surface area (Å²) < 4.78 is 5.84. The SMILES string of the molecule is CCc1ccc(NC(=O)CSC2=C(C#N)[C@H](c3ccc(C)o3)[C@@H]3C(=O)CCCC3=N2)cc1. The van der Waals surface area contributed by atoms with E-state index >= 15 is 0 Å². The number of amides is 1. The van der Waals surface area contributed by atoms with E-state index in [1.807, 2.05) is 43.3 Å². The highest BCUT2D eigenvalue weighted by molar-refractivity contribution is 8.03. The van der Waals surface area contributed by atoms with E-state index in [-0.39, 0.29) is 17.4 Å². The average Bonchev–Trinajstić information content (AvgIpc) is 3.23. The monoisotopic (exact) mass is 447 g/mol. The Balaban J connectivity index is 1.56. The number of rotatable bonds is 6. The molecule has 32 heavy (non-hydrogen) atoms. The van der Waals surface area contributed by atoms with Crippen LogP contribution in [0.25, 0.3) is 0 Å². The Labute approximate surface area is 191 Å². The smallest absolute Gasteiger partial charge is 0.234 e. The molecule has 1 amide bonds. The number of carbonyl (C=O) groups is 2. The number of ketones is 1. The van der Waals surface area contributed by atoms with Gasteiger partial charge in [0.15, 0.2) is 0 Å². The maximum absolute atomic E-state index is 12.8. The van der Waals surface area contributed by atoms with Gasteiger partial charge in [-0.2, -0.15) is 5.26 Å². The molecular formula is C25H25N3O3S. The minimum Gasteiger partial charge on any atom is -0.466 e. The minimum absolute atomic E-state index is 0.0964. The van der Waals surface area contributed by atoms with Crippen LogP contribution in [-0.4, -0.2) is 23.2 Å². The van der Waals surface area contributed by atoms with Gasteiger partial charge in [-0.3, -0.25) is 9.59 Å². The Morgan fingerprint density at radius 2 is 2.00 bits per heavy atom. The molecule has 0 bridgehead atoms. The number of anilines is 1. The van der Waals surface area contributed by atoms with Crippen molar-refractivity contribution in [2.24, 2.45) is 10.9 Å². The number of hydrogen-bond acceptors (Lipinski definition) is 6. The predicted molar refractivity (Wildman–Crippen MR) is 126 cm³/mol. The Bertz CT molecular complexity index is 1140. The number of benzene rings is 1. The van der Waals surface area contributed by atoms with Gasteiger partial charge in [-0.25, -0.2) is 4.99 Å². The molecule has 1 N–H and O–H groups in total. The maximum Gasteiger partial charge on any atom is 0.234 e. The Hall–Kier alpha value is -3.11. The molecule has 1 fully saturated rings. The van der Waals surface area contributed by atoms with Gasteiger partial charge in [0, 0.05) is 17.8 Å². The Morgan fingerprint density at radius 3 is 2.66 bits per heavy atom. The number of thioether (sulfide) groups is 1. The summed E-state index contributed by atoms with van der Waals surface area (Å²) in [7, 11) is 0. The van der Waals surface area contributed by atoms with Crippen LogP contribution in [0.5, 0.6) is 0 Å². The summed E-state index contributed by atoms with van der Waals surface area (Å²) in [5.74, 6) is 0.434. The fourth-order valence-corrected chi connectivity index (χ4v) is 5.09. The summed E-state index contributed by atoms with van der Waals surface area (Å²) in [6.07, 6.45) is 2.90. The zero-order chi connectivity index (χ0) is 22.7. The number of carbonyl (C=O) groups excluding carboxylic acids is 2. The van der Waals surface area contributed by atoms with Gasteiger partial charge in [0.25, 0.3) is 0 Å². The van der Waals surface area contributed by atoms with Crippen LogP contribution < -0.4 is 5.32 Å². The highest BCUT2D eigenvalue weighted by Crippen LogP contribution is 2.45. The zero-order valence-electron chi connectivity index (χ0n) is 18.2. The lowest BCUT2D eigenvalue weighted by atomic mass is 9.72. The van der Waals surface area contributed by atoms with Gasteiger partial charge in [-0.1, -0.05) is 30.8 Å². The molecule has 0 radical (unpaired) electrons. The number of nitrogens with zero attached hydrogens (tertiary/aromatic N) is 2. The molecular weight excluding hydrogens is 422 g/mol. The molecule has 7 heteroatoms. The van der Waals surface area contributed by atoms with Crippen molar-refractivity contribution in [2.75, 3.05) is 11.1 Å². The van der Waals surface area contributed by atoms with Crippen molar-refractivity contribution in [3.63, 3.8) is 0 Å². The highest BCUT2D eigenvalue weighted by atomic mass is 32.2. The van der Waals surface area contributed by atoms with E-state index in [4.69, 9.17) is 4.42 Å². The molecule has 0 saturated heterocycles. The molecule has 4 rings (SSSR count). The van der Waals surface area contributed by atoms with Crippen molar-refractivity contribution in [1.29, 1.82) is 5.26 Å².